The van der Waals surface area contributed by atoms with Gasteiger partial charge in [0, 0.05) is 25.5 Å². The van der Waals surface area contributed by atoms with Gasteiger partial charge in [0.05, 0.1) is 0 Å². The summed E-state index contributed by atoms with van der Waals surface area (Å²) in [7, 11) is 4.03. The Balaban J connectivity index is 2.11. The van der Waals surface area contributed by atoms with Crippen molar-refractivity contribution in [1.29, 1.82) is 0 Å². The van der Waals surface area contributed by atoms with E-state index in [0.29, 0.717) is 5.16 Å². The van der Waals surface area contributed by atoms with Gasteiger partial charge in [-0.1, -0.05) is 30.0 Å². The van der Waals surface area contributed by atoms with Crippen LogP contribution in [-0.2, 0) is 5.75 Å². The molecule has 2 rings (SSSR count). The molecule has 6 heteroatoms. The molecule has 17 heavy (non-hydrogen) atoms. The Morgan fingerprint density at radius 2 is 2.12 bits per heavy atom. The highest BCUT2D eigenvalue weighted by atomic mass is 32.2. The van der Waals surface area contributed by atoms with E-state index in [1.165, 1.54) is 23.0 Å². The molecule has 0 aliphatic heterocycles. The number of nitrogens with zero attached hydrogens (tertiary/aromatic N) is 2. The van der Waals surface area contributed by atoms with Gasteiger partial charge in [-0.25, -0.2) is 9.89 Å². The number of anilines is 1. The molecule has 0 saturated heterocycles. The fraction of sp³-hybridized carbons (Fsp3) is 0.273. The highest BCUT2D eigenvalue weighted by molar-refractivity contribution is 7.98. The normalized spacial score (nSPS) is 10.5. The number of H-pyrrole nitrogens is 2. The molecule has 0 saturated carbocycles. The second kappa shape index (κ2) is 5.09. The number of hydrogen-bond donors (Lipinski definition) is 2. The van der Waals surface area contributed by atoms with Gasteiger partial charge in [-0.2, -0.15) is 0 Å². The lowest BCUT2D eigenvalue weighted by Gasteiger charge is -2.16. The quantitative estimate of drug-likeness (QED) is 0.806. The first-order valence-corrected chi connectivity index (χ1v) is 6.18. The van der Waals surface area contributed by atoms with Gasteiger partial charge in [0.25, 0.3) is 0 Å². The number of nitrogens with one attached hydrogen (secondary N) is 2. The molecule has 0 spiro atoms. The fourth-order valence-corrected chi connectivity index (χ4v) is 2.35. The summed E-state index contributed by atoms with van der Waals surface area (Å²) < 4.78 is 0. The number of para-hydroxylation sites is 1. The molecule has 0 amide bonds. The van der Waals surface area contributed by atoms with E-state index in [9.17, 15) is 4.79 Å². The minimum absolute atomic E-state index is 0.270. The molecule has 0 aliphatic carbocycles. The van der Waals surface area contributed by atoms with Crippen LogP contribution >= 0.6 is 11.8 Å². The molecule has 0 fully saturated rings. The van der Waals surface area contributed by atoms with E-state index in [4.69, 9.17) is 0 Å². The fourth-order valence-electron chi connectivity index (χ4n) is 1.54. The number of hydrogen-bond acceptors (Lipinski definition) is 4. The van der Waals surface area contributed by atoms with Gasteiger partial charge in [-0.3, -0.25) is 4.98 Å². The third kappa shape index (κ3) is 2.91. The molecule has 1 aromatic heterocycles. The molecule has 1 aromatic carbocycles. The molecule has 2 N–H and O–H groups in total. The average molecular weight is 250 g/mol. The van der Waals surface area contributed by atoms with Crippen molar-refractivity contribution in [2.75, 3.05) is 19.0 Å². The highest BCUT2D eigenvalue weighted by Gasteiger charge is 2.05. The lowest BCUT2D eigenvalue weighted by Crippen LogP contribution is -2.10. The predicted octanol–water partition coefficient (Wildman–Crippen LogP) is 1.46. The second-order valence-corrected chi connectivity index (χ2v) is 4.76. The molecular weight excluding hydrogens is 236 g/mol. The number of aromatic nitrogens is 3. The first-order valence-electron chi connectivity index (χ1n) is 5.19. The van der Waals surface area contributed by atoms with Crippen molar-refractivity contribution in [1.82, 2.24) is 15.2 Å². The minimum Gasteiger partial charge on any atom is -0.377 e. The molecule has 2 aromatic rings. The van der Waals surface area contributed by atoms with E-state index >= 15 is 0 Å². The first kappa shape index (κ1) is 11.8. The van der Waals surface area contributed by atoms with Crippen molar-refractivity contribution in [2.45, 2.75) is 10.9 Å². The van der Waals surface area contributed by atoms with E-state index < -0.39 is 0 Å². The Bertz CT molecular complexity index is 546. The molecule has 90 valence electrons. The Hall–Kier alpha value is -1.69. The largest absolute Gasteiger partial charge is 0.377 e. The summed E-state index contributed by atoms with van der Waals surface area (Å²) in [6.45, 7) is 0. The Morgan fingerprint density at radius 1 is 1.35 bits per heavy atom. The summed E-state index contributed by atoms with van der Waals surface area (Å²) in [6, 6.07) is 8.17. The second-order valence-electron chi connectivity index (χ2n) is 3.79. The van der Waals surface area contributed by atoms with E-state index in [-0.39, 0.29) is 5.69 Å². The van der Waals surface area contributed by atoms with Crippen molar-refractivity contribution >= 4 is 17.4 Å². The molecule has 0 aliphatic rings. The van der Waals surface area contributed by atoms with Crippen molar-refractivity contribution in [3.05, 3.63) is 40.3 Å². The molecule has 1 heterocycles. The zero-order valence-corrected chi connectivity index (χ0v) is 10.5. The topological polar surface area (TPSA) is 64.8 Å². The minimum atomic E-state index is -0.270. The monoisotopic (exact) mass is 250 g/mol. The van der Waals surface area contributed by atoms with E-state index in [1.54, 1.807) is 0 Å². The van der Waals surface area contributed by atoms with Gasteiger partial charge in [0.1, 0.15) is 0 Å². The number of rotatable bonds is 4. The summed E-state index contributed by atoms with van der Waals surface area (Å²) in [5.41, 5.74) is 2.12. The van der Waals surface area contributed by atoms with Gasteiger partial charge in [0.15, 0.2) is 5.16 Å². The van der Waals surface area contributed by atoms with Crippen LogP contribution in [-0.4, -0.2) is 29.3 Å². The van der Waals surface area contributed by atoms with Crippen LogP contribution in [0.25, 0.3) is 0 Å². The summed E-state index contributed by atoms with van der Waals surface area (Å²) in [5.74, 6) is 0.773. The van der Waals surface area contributed by atoms with Crippen LogP contribution in [0.5, 0.6) is 0 Å². The maximum Gasteiger partial charge on any atom is 0.341 e. The van der Waals surface area contributed by atoms with E-state index in [1.807, 2.05) is 26.2 Å². The average Bonchev–Trinajstić information content (AvgIpc) is 2.73. The third-order valence-corrected chi connectivity index (χ3v) is 3.24. The van der Waals surface area contributed by atoms with Crippen molar-refractivity contribution < 1.29 is 0 Å². The van der Waals surface area contributed by atoms with Crippen molar-refractivity contribution in [2.24, 2.45) is 0 Å². The molecule has 0 radical (unpaired) electrons. The lowest BCUT2D eigenvalue weighted by molar-refractivity contribution is 0.969. The summed E-state index contributed by atoms with van der Waals surface area (Å²) in [5, 5.41) is 6.83. The number of thioether (sulfide) groups is 1. The van der Waals surface area contributed by atoms with Crippen LogP contribution in [0.15, 0.2) is 34.2 Å². The van der Waals surface area contributed by atoms with Crippen LogP contribution in [0, 0.1) is 0 Å². The smallest absolute Gasteiger partial charge is 0.341 e. The van der Waals surface area contributed by atoms with Gasteiger partial charge < -0.3 is 4.90 Å². The molecule has 5 nitrogen and oxygen atoms in total. The Morgan fingerprint density at radius 3 is 2.76 bits per heavy atom. The van der Waals surface area contributed by atoms with Gasteiger partial charge in [-0.15, -0.1) is 5.10 Å². The Kier molecular flexibility index (Phi) is 3.53. The SMILES string of the molecule is CN(C)c1ccccc1CSc1n[nH]c(=O)[nH]1. The third-order valence-electron chi connectivity index (χ3n) is 2.32. The number of aromatic amines is 2. The molecule has 0 unspecified atom stereocenters. The van der Waals surface area contributed by atoms with E-state index in [0.717, 1.165) is 5.75 Å². The maximum absolute atomic E-state index is 10.9. The van der Waals surface area contributed by atoms with Crippen LogP contribution in [0.3, 0.4) is 0 Å². The molecule has 0 atom stereocenters. The predicted molar refractivity (Wildman–Crippen MR) is 69.5 cm³/mol. The standard InChI is InChI=1S/C11H14N4OS/c1-15(2)9-6-4-3-5-8(9)7-17-11-12-10(16)13-14-11/h3-6H,7H2,1-2H3,(H2,12,13,14,16). The van der Waals surface area contributed by atoms with Crippen LogP contribution < -0.4 is 10.6 Å². The van der Waals surface area contributed by atoms with Crippen molar-refractivity contribution in [3.8, 4) is 0 Å². The van der Waals surface area contributed by atoms with Crippen LogP contribution in [0.1, 0.15) is 5.56 Å². The number of benzene rings is 1. The van der Waals surface area contributed by atoms with Gasteiger partial charge >= 0.3 is 5.69 Å². The molecular formula is C11H14N4OS. The Labute approximate surface area is 103 Å². The summed E-state index contributed by atoms with van der Waals surface area (Å²) in [4.78, 5) is 15.6. The van der Waals surface area contributed by atoms with Gasteiger partial charge in [-0.05, 0) is 11.6 Å². The van der Waals surface area contributed by atoms with Crippen LogP contribution in [0.2, 0.25) is 0 Å². The molecule has 0 bridgehead atoms. The highest BCUT2D eigenvalue weighted by Crippen LogP contribution is 2.25. The van der Waals surface area contributed by atoms with Crippen LogP contribution in [0.4, 0.5) is 5.69 Å². The zero-order valence-electron chi connectivity index (χ0n) is 9.73. The lowest BCUT2D eigenvalue weighted by atomic mass is 10.2. The van der Waals surface area contributed by atoms with E-state index in [2.05, 4.69) is 32.2 Å². The van der Waals surface area contributed by atoms with Gasteiger partial charge in [0.2, 0.25) is 0 Å². The van der Waals surface area contributed by atoms with Crippen molar-refractivity contribution in [3.63, 3.8) is 0 Å². The summed E-state index contributed by atoms with van der Waals surface area (Å²) >= 11 is 1.50. The summed E-state index contributed by atoms with van der Waals surface area (Å²) in [6.07, 6.45) is 0. The maximum atomic E-state index is 10.9. The first-order chi connectivity index (χ1) is 8.16. The zero-order chi connectivity index (χ0) is 12.3.